The molecule has 0 spiro atoms. The Morgan fingerprint density at radius 1 is 1.78 bits per heavy atom. The van der Waals surface area contributed by atoms with Gasteiger partial charge in [-0.1, -0.05) is 5.16 Å². The van der Waals surface area contributed by atoms with Gasteiger partial charge in [-0.3, -0.25) is 5.73 Å². The van der Waals surface area contributed by atoms with Gasteiger partial charge in [0.15, 0.2) is 0 Å². The van der Waals surface area contributed by atoms with E-state index in [1.165, 1.54) is 0 Å². The minimum atomic E-state index is -0.384. The van der Waals surface area contributed by atoms with E-state index in [0.717, 1.165) is 0 Å². The summed E-state index contributed by atoms with van der Waals surface area (Å²) < 4.78 is 0. The van der Waals surface area contributed by atoms with Crippen LogP contribution < -0.4 is 5.73 Å². The first-order valence-electron chi connectivity index (χ1n) is 2.94. The molecule has 2 N–H and O–H groups in total. The van der Waals surface area contributed by atoms with Crippen LogP contribution in [0.3, 0.4) is 0 Å². The van der Waals surface area contributed by atoms with E-state index in [-0.39, 0.29) is 6.35 Å². The third-order valence-corrected chi connectivity index (χ3v) is 1.24. The topological polar surface area (TPSA) is 50.8 Å². The smallest absolute Gasteiger partial charge is 0.254 e. The van der Waals surface area contributed by atoms with Gasteiger partial charge in [-0.25, -0.2) is 0 Å². The molecule has 1 unspecified atom stereocenters. The Morgan fingerprint density at radius 2 is 2.44 bits per heavy atom. The fourth-order valence-corrected chi connectivity index (χ4v) is 0.691. The SMILES string of the molecule is CC(C)N1C=NOC1N. The van der Waals surface area contributed by atoms with Crippen LogP contribution in [-0.4, -0.2) is 23.6 Å². The van der Waals surface area contributed by atoms with Gasteiger partial charge >= 0.3 is 0 Å². The maximum absolute atomic E-state index is 5.46. The van der Waals surface area contributed by atoms with Gasteiger partial charge in [0.2, 0.25) is 0 Å². The second-order valence-corrected chi connectivity index (χ2v) is 2.26. The van der Waals surface area contributed by atoms with E-state index < -0.39 is 0 Å². The van der Waals surface area contributed by atoms with Crippen molar-refractivity contribution in [2.45, 2.75) is 26.2 Å². The molecule has 0 fully saturated rings. The lowest BCUT2D eigenvalue weighted by Crippen LogP contribution is -2.42. The number of hydrogen-bond acceptors (Lipinski definition) is 4. The highest BCUT2D eigenvalue weighted by atomic mass is 16.7. The summed E-state index contributed by atoms with van der Waals surface area (Å²) in [5, 5.41) is 3.54. The van der Waals surface area contributed by atoms with E-state index in [1.807, 2.05) is 18.7 Å². The second kappa shape index (κ2) is 2.23. The minimum Gasteiger partial charge on any atom is -0.352 e. The lowest BCUT2D eigenvalue weighted by Gasteiger charge is -2.21. The molecular formula is C5H11N3O. The van der Waals surface area contributed by atoms with E-state index >= 15 is 0 Å². The molecule has 0 aromatic heterocycles. The normalized spacial score (nSPS) is 25.3. The number of hydrogen-bond donors (Lipinski definition) is 1. The zero-order valence-corrected chi connectivity index (χ0v) is 5.61. The van der Waals surface area contributed by atoms with Crippen molar-refractivity contribution in [1.82, 2.24) is 4.90 Å². The molecule has 0 aliphatic carbocycles. The Bertz CT molecular complexity index is 123. The minimum absolute atomic E-state index is 0.353. The quantitative estimate of drug-likeness (QED) is 0.538. The van der Waals surface area contributed by atoms with Crippen LogP contribution in [-0.2, 0) is 4.84 Å². The summed E-state index contributed by atoms with van der Waals surface area (Å²) in [4.78, 5) is 6.53. The summed E-state index contributed by atoms with van der Waals surface area (Å²) >= 11 is 0. The van der Waals surface area contributed by atoms with Crippen LogP contribution in [0.5, 0.6) is 0 Å². The van der Waals surface area contributed by atoms with Crippen LogP contribution in [0.2, 0.25) is 0 Å². The van der Waals surface area contributed by atoms with Crippen molar-refractivity contribution in [1.29, 1.82) is 0 Å². The molecule has 1 atom stereocenters. The van der Waals surface area contributed by atoms with Crippen LogP contribution in [0.15, 0.2) is 5.16 Å². The lowest BCUT2D eigenvalue weighted by molar-refractivity contribution is 0.00532. The fourth-order valence-electron chi connectivity index (χ4n) is 0.691. The summed E-state index contributed by atoms with van der Waals surface area (Å²) in [5.74, 6) is 0. The van der Waals surface area contributed by atoms with Crippen molar-refractivity contribution in [2.75, 3.05) is 0 Å². The highest BCUT2D eigenvalue weighted by molar-refractivity contribution is 5.55. The van der Waals surface area contributed by atoms with Crippen molar-refractivity contribution >= 4 is 6.34 Å². The van der Waals surface area contributed by atoms with Gasteiger partial charge in [-0.15, -0.1) is 0 Å². The van der Waals surface area contributed by atoms with Gasteiger partial charge in [0, 0.05) is 6.04 Å². The van der Waals surface area contributed by atoms with Crippen LogP contribution in [0.1, 0.15) is 13.8 Å². The van der Waals surface area contributed by atoms with Crippen molar-refractivity contribution in [3.8, 4) is 0 Å². The van der Waals surface area contributed by atoms with E-state index in [2.05, 4.69) is 5.16 Å². The van der Waals surface area contributed by atoms with E-state index in [1.54, 1.807) is 6.34 Å². The molecule has 0 saturated carbocycles. The molecule has 1 aliphatic rings. The van der Waals surface area contributed by atoms with Gasteiger partial charge in [0.25, 0.3) is 6.35 Å². The highest BCUT2D eigenvalue weighted by Gasteiger charge is 2.19. The van der Waals surface area contributed by atoms with Crippen molar-refractivity contribution < 1.29 is 4.84 Å². The Balaban J connectivity index is 2.49. The summed E-state index contributed by atoms with van der Waals surface area (Å²) in [6.45, 7) is 4.06. The molecule has 0 amide bonds. The maximum Gasteiger partial charge on any atom is 0.254 e. The molecule has 1 rings (SSSR count). The predicted molar refractivity (Wildman–Crippen MR) is 34.5 cm³/mol. The average Bonchev–Trinajstić information content (AvgIpc) is 2.13. The molecule has 9 heavy (non-hydrogen) atoms. The van der Waals surface area contributed by atoms with E-state index in [0.29, 0.717) is 6.04 Å². The summed E-state index contributed by atoms with van der Waals surface area (Å²) in [6.07, 6.45) is 1.22. The van der Waals surface area contributed by atoms with Gasteiger partial charge < -0.3 is 9.74 Å². The standard InChI is InChI=1S/C5H11N3O/c1-4(2)8-3-7-9-5(8)6/h3-5H,6H2,1-2H3. The second-order valence-electron chi connectivity index (χ2n) is 2.26. The predicted octanol–water partition coefficient (Wildman–Crippen LogP) is -0.0874. The molecular weight excluding hydrogens is 118 g/mol. The Morgan fingerprint density at radius 3 is 2.67 bits per heavy atom. The molecule has 0 aromatic rings. The Kier molecular flexibility index (Phi) is 1.57. The third kappa shape index (κ3) is 1.13. The highest BCUT2D eigenvalue weighted by Crippen LogP contribution is 2.05. The lowest BCUT2D eigenvalue weighted by atomic mass is 10.4. The summed E-state index contributed by atoms with van der Waals surface area (Å²) in [7, 11) is 0. The zero-order chi connectivity index (χ0) is 6.85. The van der Waals surface area contributed by atoms with Gasteiger partial charge in [-0.05, 0) is 13.8 Å². The largest absolute Gasteiger partial charge is 0.352 e. The fraction of sp³-hybridized carbons (Fsp3) is 0.800. The molecule has 52 valence electrons. The summed E-state index contributed by atoms with van der Waals surface area (Å²) in [6, 6.07) is 0.353. The molecule has 0 bridgehead atoms. The van der Waals surface area contributed by atoms with E-state index in [4.69, 9.17) is 10.6 Å². The molecule has 4 heteroatoms. The van der Waals surface area contributed by atoms with Crippen LogP contribution in [0.4, 0.5) is 0 Å². The average molecular weight is 129 g/mol. The van der Waals surface area contributed by atoms with Crippen LogP contribution >= 0.6 is 0 Å². The number of oxime groups is 1. The molecule has 0 radical (unpaired) electrons. The molecule has 0 aromatic carbocycles. The first-order valence-corrected chi connectivity index (χ1v) is 2.94. The first-order chi connectivity index (χ1) is 4.22. The first kappa shape index (κ1) is 6.35. The number of rotatable bonds is 1. The van der Waals surface area contributed by atoms with Gasteiger partial charge in [-0.2, -0.15) is 0 Å². The Labute approximate surface area is 54.3 Å². The molecule has 4 nitrogen and oxygen atoms in total. The van der Waals surface area contributed by atoms with E-state index in [9.17, 15) is 0 Å². The van der Waals surface area contributed by atoms with Gasteiger partial charge in [0.1, 0.15) is 6.34 Å². The van der Waals surface area contributed by atoms with Gasteiger partial charge in [0.05, 0.1) is 0 Å². The summed E-state index contributed by atoms with van der Waals surface area (Å²) in [5.41, 5.74) is 5.46. The van der Waals surface area contributed by atoms with Crippen molar-refractivity contribution in [2.24, 2.45) is 10.9 Å². The number of nitrogens with two attached hydrogens (primary N) is 1. The van der Waals surface area contributed by atoms with Crippen molar-refractivity contribution in [3.05, 3.63) is 0 Å². The maximum atomic E-state index is 5.46. The molecule has 1 aliphatic heterocycles. The van der Waals surface area contributed by atoms with Crippen LogP contribution in [0, 0.1) is 0 Å². The van der Waals surface area contributed by atoms with Crippen LogP contribution in [0.25, 0.3) is 0 Å². The monoisotopic (exact) mass is 129 g/mol. The molecule has 1 heterocycles. The van der Waals surface area contributed by atoms with Crippen molar-refractivity contribution in [3.63, 3.8) is 0 Å². The third-order valence-electron chi connectivity index (χ3n) is 1.24. The molecule has 0 saturated heterocycles. The Hall–Kier alpha value is -0.770. The zero-order valence-electron chi connectivity index (χ0n) is 5.61. The number of nitrogens with zero attached hydrogens (tertiary/aromatic N) is 2.